The summed E-state index contributed by atoms with van der Waals surface area (Å²) in [7, 11) is 0. The van der Waals surface area contributed by atoms with Crippen molar-refractivity contribution in [2.24, 2.45) is 4.99 Å². The van der Waals surface area contributed by atoms with Crippen LogP contribution < -0.4 is 9.88 Å². The fraction of sp³-hybridized carbons (Fsp3) is 0.190. The Bertz CT molecular complexity index is 1170. The van der Waals surface area contributed by atoms with Gasteiger partial charge in [-0.3, -0.25) is 0 Å². The van der Waals surface area contributed by atoms with E-state index in [1.54, 1.807) is 0 Å². The fourth-order valence-electron chi connectivity index (χ4n) is 4.76. The van der Waals surface area contributed by atoms with Gasteiger partial charge >= 0.3 is 5.79 Å². The molecule has 5 heteroatoms. The molecule has 1 aromatic carbocycles. The number of aliphatic imine (C=N–C) groups is 1. The Labute approximate surface area is 151 Å². The molecule has 3 aromatic rings. The van der Waals surface area contributed by atoms with Crippen molar-refractivity contribution >= 4 is 11.4 Å². The molecule has 0 bridgehead atoms. The van der Waals surface area contributed by atoms with Gasteiger partial charge in [-0.05, 0) is 37.6 Å². The van der Waals surface area contributed by atoms with Crippen LogP contribution in [0.25, 0.3) is 11.5 Å². The van der Waals surface area contributed by atoms with Crippen molar-refractivity contribution < 1.29 is 4.57 Å². The zero-order valence-electron chi connectivity index (χ0n) is 14.7. The summed E-state index contributed by atoms with van der Waals surface area (Å²) in [6.07, 6.45) is 6.92. The number of nitrogens with zero attached hydrogens (tertiary/aromatic N) is 4. The molecule has 0 radical (unpaired) electrons. The summed E-state index contributed by atoms with van der Waals surface area (Å²) < 4.78 is 4.58. The molecular weight excluding hydrogens is 322 g/mol. The van der Waals surface area contributed by atoms with E-state index >= 15 is 0 Å². The summed E-state index contributed by atoms with van der Waals surface area (Å²) in [6.45, 7) is 4.16. The van der Waals surface area contributed by atoms with Gasteiger partial charge in [0.25, 0.3) is 5.69 Å². The van der Waals surface area contributed by atoms with Gasteiger partial charge < -0.3 is 5.32 Å². The van der Waals surface area contributed by atoms with E-state index in [-0.39, 0.29) is 0 Å². The zero-order chi connectivity index (χ0) is 17.5. The van der Waals surface area contributed by atoms with E-state index in [1.165, 1.54) is 16.8 Å². The number of pyridine rings is 1. The minimum Gasteiger partial charge on any atom is -0.359 e. The predicted octanol–water partition coefficient (Wildman–Crippen LogP) is 3.05. The van der Waals surface area contributed by atoms with Crippen molar-refractivity contribution in [3.63, 3.8) is 0 Å². The van der Waals surface area contributed by atoms with Gasteiger partial charge in [0.15, 0.2) is 5.69 Å². The van der Waals surface area contributed by atoms with Gasteiger partial charge in [0.2, 0.25) is 5.82 Å². The van der Waals surface area contributed by atoms with Crippen LogP contribution in [-0.2, 0) is 12.2 Å². The lowest BCUT2D eigenvalue weighted by Gasteiger charge is -2.32. The molecule has 0 saturated carbocycles. The zero-order valence-corrected chi connectivity index (χ0v) is 14.7. The van der Waals surface area contributed by atoms with E-state index in [2.05, 4.69) is 75.8 Å². The number of allylic oxidation sites excluding steroid dienone is 2. The minimum absolute atomic E-state index is 0.657. The molecular formula is C21H18N5+. The molecule has 3 aliphatic heterocycles. The predicted molar refractivity (Wildman–Crippen MR) is 100 cm³/mol. The van der Waals surface area contributed by atoms with Crippen LogP contribution in [0.2, 0.25) is 0 Å². The molecule has 2 aromatic heterocycles. The minimum atomic E-state index is -0.657. The van der Waals surface area contributed by atoms with E-state index in [9.17, 15) is 0 Å². The molecule has 1 N–H and O–H groups in total. The maximum absolute atomic E-state index is 5.30. The number of aromatic nitrogens is 3. The molecule has 3 aliphatic rings. The lowest BCUT2D eigenvalue weighted by Crippen LogP contribution is -2.62. The van der Waals surface area contributed by atoms with Gasteiger partial charge in [-0.25, -0.2) is 9.55 Å². The fourth-order valence-corrected chi connectivity index (χ4v) is 4.76. The quantitative estimate of drug-likeness (QED) is 0.639. The van der Waals surface area contributed by atoms with Crippen molar-refractivity contribution in [1.82, 2.24) is 9.55 Å². The lowest BCUT2D eigenvalue weighted by atomic mass is 9.90. The number of nitrogens with one attached hydrogen (secondary N) is 1. The first kappa shape index (κ1) is 14.0. The molecule has 5 heterocycles. The smallest absolute Gasteiger partial charge is 0.359 e. The second-order valence-electron chi connectivity index (χ2n) is 7.22. The number of hydrogen-bond donors (Lipinski definition) is 1. The highest BCUT2D eigenvalue weighted by Gasteiger charge is 2.59. The molecule has 1 atom stereocenters. The Kier molecular flexibility index (Phi) is 2.42. The van der Waals surface area contributed by atoms with Crippen LogP contribution in [0.5, 0.6) is 0 Å². The molecule has 1 spiro atoms. The number of fused-ring (bicyclic) bond motifs is 2. The molecule has 1 unspecified atom stereocenters. The van der Waals surface area contributed by atoms with Crippen molar-refractivity contribution in [2.75, 3.05) is 5.32 Å². The number of hydrogen-bond acceptors (Lipinski definition) is 3. The second kappa shape index (κ2) is 4.49. The van der Waals surface area contributed by atoms with Gasteiger partial charge in [0.05, 0.1) is 17.7 Å². The Morgan fingerprint density at radius 1 is 1.15 bits per heavy atom. The maximum atomic E-state index is 5.30. The van der Waals surface area contributed by atoms with Crippen LogP contribution in [-0.4, -0.2) is 15.3 Å². The molecule has 126 valence electrons. The summed E-state index contributed by atoms with van der Waals surface area (Å²) in [5.74, 6) is 0.309. The highest BCUT2D eigenvalue weighted by molar-refractivity contribution is 5.94. The standard InChI is InChI=1S/C21H18N5/c1-13-11-14(2)24-21-19-15(5-3-7-17(19)23-13)12-16-6-4-8-18(26(16)21)20-22-9-10-25(20)21/h3-11,23H,12H2,1-2H3/q+1. The largest absolute Gasteiger partial charge is 0.379 e. The van der Waals surface area contributed by atoms with Crippen LogP contribution >= 0.6 is 0 Å². The van der Waals surface area contributed by atoms with Crippen molar-refractivity contribution in [3.05, 3.63) is 77.4 Å². The molecule has 0 saturated heterocycles. The summed E-state index contributed by atoms with van der Waals surface area (Å²) in [5, 5.41) is 3.60. The first-order chi connectivity index (χ1) is 12.7. The summed E-state index contributed by atoms with van der Waals surface area (Å²) in [4.78, 5) is 9.96. The van der Waals surface area contributed by atoms with Crippen molar-refractivity contribution in [1.29, 1.82) is 0 Å². The first-order valence-corrected chi connectivity index (χ1v) is 8.91. The molecule has 0 amide bonds. The summed E-state index contributed by atoms with van der Waals surface area (Å²) in [6, 6.07) is 13.0. The van der Waals surface area contributed by atoms with Crippen molar-refractivity contribution in [2.45, 2.75) is 26.1 Å². The SMILES string of the molecule is CC1=CC(C)=NC23c4c(cccc4N1)Cc1cccc([n+]12)-c1nccn13. The topological polar surface area (TPSA) is 46.1 Å². The summed E-state index contributed by atoms with van der Waals surface area (Å²) >= 11 is 0. The summed E-state index contributed by atoms with van der Waals surface area (Å²) in [5.41, 5.74) is 8.10. The highest BCUT2D eigenvalue weighted by Crippen LogP contribution is 2.45. The van der Waals surface area contributed by atoms with Crippen LogP contribution in [0.15, 0.2) is 65.6 Å². The number of anilines is 1. The van der Waals surface area contributed by atoms with Gasteiger partial charge in [-0.15, -0.1) is 4.57 Å². The highest BCUT2D eigenvalue weighted by atomic mass is 15.5. The van der Waals surface area contributed by atoms with Gasteiger partial charge in [0.1, 0.15) is 0 Å². The molecule has 26 heavy (non-hydrogen) atoms. The van der Waals surface area contributed by atoms with Gasteiger partial charge in [-0.2, -0.15) is 4.99 Å². The number of benzene rings is 1. The molecule has 5 nitrogen and oxygen atoms in total. The van der Waals surface area contributed by atoms with Crippen LogP contribution in [0.3, 0.4) is 0 Å². The van der Waals surface area contributed by atoms with Crippen LogP contribution in [0.1, 0.15) is 30.7 Å². The first-order valence-electron chi connectivity index (χ1n) is 8.91. The van der Waals surface area contributed by atoms with Gasteiger partial charge in [0, 0.05) is 35.9 Å². The second-order valence-corrected chi connectivity index (χ2v) is 7.22. The third-order valence-corrected chi connectivity index (χ3v) is 5.54. The Morgan fingerprint density at radius 2 is 2.04 bits per heavy atom. The molecule has 0 fully saturated rings. The lowest BCUT2D eigenvalue weighted by molar-refractivity contribution is -0.749. The third kappa shape index (κ3) is 1.50. The average molecular weight is 340 g/mol. The Balaban J connectivity index is 1.87. The number of rotatable bonds is 0. The Morgan fingerprint density at radius 3 is 2.96 bits per heavy atom. The van der Waals surface area contributed by atoms with Crippen molar-refractivity contribution in [3.8, 4) is 11.5 Å². The van der Waals surface area contributed by atoms with Gasteiger partial charge in [-0.1, -0.05) is 12.1 Å². The van der Waals surface area contributed by atoms with E-state index in [4.69, 9.17) is 4.99 Å². The van der Waals surface area contributed by atoms with Crippen LogP contribution in [0.4, 0.5) is 5.69 Å². The van der Waals surface area contributed by atoms with E-state index in [1.807, 2.05) is 12.4 Å². The number of imidazole rings is 1. The average Bonchev–Trinajstić information content (AvgIpc) is 3.17. The van der Waals surface area contributed by atoms with E-state index in [0.717, 1.165) is 35.0 Å². The monoisotopic (exact) mass is 340 g/mol. The molecule has 0 aliphatic carbocycles. The van der Waals surface area contributed by atoms with E-state index < -0.39 is 5.79 Å². The maximum Gasteiger partial charge on any atom is 0.379 e. The third-order valence-electron chi connectivity index (χ3n) is 5.54. The molecule has 6 rings (SSSR count). The normalized spacial score (nSPS) is 21.5. The van der Waals surface area contributed by atoms with E-state index in [0.29, 0.717) is 0 Å². The van der Waals surface area contributed by atoms with Crippen LogP contribution in [0, 0.1) is 0 Å². The Hall–Kier alpha value is -3.21.